The second-order valence-corrected chi connectivity index (χ2v) is 5.14. The largest absolute Gasteiger partial charge is 0.388 e. The third-order valence-corrected chi connectivity index (χ3v) is 4.17. The minimum Gasteiger partial charge on any atom is -0.388 e. The minimum atomic E-state index is -0.577. The first-order chi connectivity index (χ1) is 7.74. The maximum absolute atomic E-state index is 10.3. The molecule has 2 atom stereocenters. The molecule has 2 rings (SSSR count). The summed E-state index contributed by atoms with van der Waals surface area (Å²) in [6.07, 6.45) is 4.23. The summed E-state index contributed by atoms with van der Waals surface area (Å²) >= 11 is 0. The fraction of sp³-hybridized carbons (Fsp3) is 1.00. The summed E-state index contributed by atoms with van der Waals surface area (Å²) in [4.78, 5) is 2.43. The van der Waals surface area contributed by atoms with Gasteiger partial charge in [0.15, 0.2) is 0 Å². The Balaban J connectivity index is 1.76. The zero-order valence-electron chi connectivity index (χ0n) is 10.0. The average molecular weight is 228 g/mol. The first-order valence-electron chi connectivity index (χ1n) is 6.47. The fourth-order valence-corrected chi connectivity index (χ4v) is 2.97. The van der Waals surface area contributed by atoms with Crippen molar-refractivity contribution in [2.45, 2.75) is 31.3 Å². The van der Waals surface area contributed by atoms with Crippen molar-refractivity contribution >= 4 is 0 Å². The van der Waals surface area contributed by atoms with Crippen molar-refractivity contribution in [1.29, 1.82) is 0 Å². The lowest BCUT2D eigenvalue weighted by atomic mass is 9.88. The molecule has 1 aliphatic heterocycles. The van der Waals surface area contributed by atoms with E-state index in [-0.39, 0.29) is 0 Å². The van der Waals surface area contributed by atoms with Gasteiger partial charge in [-0.25, -0.2) is 0 Å². The number of hydrogen-bond donors (Lipinski definition) is 2. The van der Waals surface area contributed by atoms with Gasteiger partial charge in [-0.15, -0.1) is 0 Å². The van der Waals surface area contributed by atoms with Crippen molar-refractivity contribution < 1.29 is 9.84 Å². The van der Waals surface area contributed by atoms with Gasteiger partial charge < -0.3 is 15.6 Å². The molecule has 1 saturated heterocycles. The van der Waals surface area contributed by atoms with Crippen molar-refractivity contribution in [3.05, 3.63) is 0 Å². The number of aliphatic hydroxyl groups is 1. The Hall–Kier alpha value is -0.160. The van der Waals surface area contributed by atoms with E-state index in [1.807, 2.05) is 0 Å². The molecule has 94 valence electrons. The lowest BCUT2D eigenvalue weighted by Crippen LogP contribution is -2.43. The van der Waals surface area contributed by atoms with E-state index < -0.39 is 5.60 Å². The molecule has 4 nitrogen and oxygen atoms in total. The molecule has 4 heteroatoms. The van der Waals surface area contributed by atoms with Crippen molar-refractivity contribution in [2.75, 3.05) is 39.4 Å². The Morgan fingerprint density at radius 1 is 1.38 bits per heavy atom. The van der Waals surface area contributed by atoms with E-state index in [4.69, 9.17) is 10.5 Å². The van der Waals surface area contributed by atoms with Crippen LogP contribution in [0.5, 0.6) is 0 Å². The summed E-state index contributed by atoms with van der Waals surface area (Å²) in [5.74, 6) is 0.403. The van der Waals surface area contributed by atoms with E-state index in [1.54, 1.807) is 0 Å². The highest BCUT2D eigenvalue weighted by Crippen LogP contribution is 2.37. The molecule has 0 aromatic heterocycles. The molecule has 16 heavy (non-hydrogen) atoms. The number of ether oxygens (including phenoxy) is 1. The Bertz CT molecular complexity index is 219. The summed E-state index contributed by atoms with van der Waals surface area (Å²) in [5.41, 5.74) is 5.11. The lowest BCUT2D eigenvalue weighted by Gasteiger charge is -2.32. The molecular formula is C12H24N2O2. The molecule has 0 aromatic carbocycles. The second-order valence-electron chi connectivity index (χ2n) is 5.14. The normalized spacial score (nSPS) is 36.8. The second kappa shape index (κ2) is 5.45. The van der Waals surface area contributed by atoms with Gasteiger partial charge in [0.1, 0.15) is 0 Å². The van der Waals surface area contributed by atoms with Crippen LogP contribution in [0.1, 0.15) is 25.7 Å². The van der Waals surface area contributed by atoms with Crippen LogP contribution in [0.4, 0.5) is 0 Å². The molecule has 2 aliphatic rings. The van der Waals surface area contributed by atoms with Crippen LogP contribution >= 0.6 is 0 Å². The highest BCUT2D eigenvalue weighted by molar-refractivity contribution is 4.93. The van der Waals surface area contributed by atoms with Crippen LogP contribution in [-0.4, -0.2) is 55.0 Å². The molecule has 2 fully saturated rings. The predicted molar refractivity (Wildman–Crippen MR) is 63.2 cm³/mol. The van der Waals surface area contributed by atoms with Gasteiger partial charge in [0, 0.05) is 19.6 Å². The number of nitrogens with two attached hydrogens (primary N) is 1. The molecule has 1 saturated carbocycles. The number of hydrogen-bond acceptors (Lipinski definition) is 4. The number of rotatable bonds is 4. The summed E-state index contributed by atoms with van der Waals surface area (Å²) in [6, 6.07) is 0. The summed E-state index contributed by atoms with van der Waals surface area (Å²) < 4.78 is 5.32. The molecule has 0 amide bonds. The van der Waals surface area contributed by atoms with Gasteiger partial charge in [-0.05, 0) is 31.7 Å². The number of nitrogens with zero attached hydrogens (tertiary/aromatic N) is 1. The average Bonchev–Trinajstić information content (AvgIpc) is 2.70. The quantitative estimate of drug-likeness (QED) is 0.721. The first kappa shape index (κ1) is 12.3. The Morgan fingerprint density at radius 3 is 2.81 bits per heavy atom. The van der Waals surface area contributed by atoms with Gasteiger partial charge >= 0.3 is 0 Å². The molecule has 0 radical (unpaired) electrons. The predicted octanol–water partition coefficient (Wildman–Crippen LogP) is 0.199. The van der Waals surface area contributed by atoms with Crippen molar-refractivity contribution in [3.63, 3.8) is 0 Å². The van der Waals surface area contributed by atoms with Crippen molar-refractivity contribution in [3.8, 4) is 0 Å². The van der Waals surface area contributed by atoms with E-state index in [0.717, 1.165) is 58.5 Å². The van der Waals surface area contributed by atoms with Crippen molar-refractivity contribution in [2.24, 2.45) is 11.7 Å². The van der Waals surface area contributed by atoms with Gasteiger partial charge in [0.2, 0.25) is 0 Å². The highest BCUT2D eigenvalue weighted by atomic mass is 16.5. The van der Waals surface area contributed by atoms with Crippen LogP contribution in [0.2, 0.25) is 0 Å². The Morgan fingerprint density at radius 2 is 2.12 bits per heavy atom. The summed E-state index contributed by atoms with van der Waals surface area (Å²) in [7, 11) is 0. The topological polar surface area (TPSA) is 58.7 Å². The monoisotopic (exact) mass is 228 g/mol. The third-order valence-electron chi connectivity index (χ3n) is 4.17. The van der Waals surface area contributed by atoms with Gasteiger partial charge in [0.25, 0.3) is 0 Å². The summed E-state index contributed by atoms with van der Waals surface area (Å²) in [6.45, 7) is 5.27. The first-order valence-corrected chi connectivity index (χ1v) is 6.47. The van der Waals surface area contributed by atoms with Crippen LogP contribution in [0.3, 0.4) is 0 Å². The van der Waals surface area contributed by atoms with E-state index in [0.29, 0.717) is 12.5 Å². The zero-order valence-corrected chi connectivity index (χ0v) is 10.0. The molecule has 3 N–H and O–H groups in total. The van der Waals surface area contributed by atoms with Crippen LogP contribution in [-0.2, 0) is 4.74 Å². The molecule has 0 bridgehead atoms. The Kier molecular flexibility index (Phi) is 4.19. The molecule has 1 heterocycles. The van der Waals surface area contributed by atoms with Gasteiger partial charge in [0.05, 0.1) is 18.8 Å². The van der Waals surface area contributed by atoms with Crippen LogP contribution < -0.4 is 5.73 Å². The standard InChI is InChI=1S/C12H24N2O2/c13-10-12(15)4-1-2-11(12)3-5-14-6-8-16-9-7-14/h11,15H,1-10,13H2. The molecule has 0 aromatic rings. The molecule has 1 aliphatic carbocycles. The minimum absolute atomic E-state index is 0.403. The van der Waals surface area contributed by atoms with Gasteiger partial charge in [-0.1, -0.05) is 6.42 Å². The molecule has 2 unspecified atom stereocenters. The van der Waals surface area contributed by atoms with E-state index in [2.05, 4.69) is 4.90 Å². The SMILES string of the molecule is NCC1(O)CCCC1CCN1CCOCC1. The number of morpholine rings is 1. The van der Waals surface area contributed by atoms with Crippen LogP contribution in [0.25, 0.3) is 0 Å². The smallest absolute Gasteiger partial charge is 0.0797 e. The van der Waals surface area contributed by atoms with Gasteiger partial charge in [-0.2, -0.15) is 0 Å². The Labute approximate surface area is 97.7 Å². The highest BCUT2D eigenvalue weighted by Gasteiger charge is 2.39. The maximum Gasteiger partial charge on any atom is 0.0797 e. The molecule has 0 spiro atoms. The van der Waals surface area contributed by atoms with E-state index in [1.165, 1.54) is 0 Å². The van der Waals surface area contributed by atoms with E-state index in [9.17, 15) is 5.11 Å². The van der Waals surface area contributed by atoms with Crippen LogP contribution in [0, 0.1) is 5.92 Å². The lowest BCUT2D eigenvalue weighted by molar-refractivity contribution is -0.00412. The van der Waals surface area contributed by atoms with E-state index >= 15 is 0 Å². The molecular weight excluding hydrogens is 204 g/mol. The fourth-order valence-electron chi connectivity index (χ4n) is 2.97. The van der Waals surface area contributed by atoms with Gasteiger partial charge in [-0.3, -0.25) is 4.90 Å². The van der Waals surface area contributed by atoms with Crippen LogP contribution in [0.15, 0.2) is 0 Å². The van der Waals surface area contributed by atoms with Crippen molar-refractivity contribution in [1.82, 2.24) is 4.90 Å². The zero-order chi connectivity index (χ0) is 11.4. The third kappa shape index (κ3) is 2.74. The maximum atomic E-state index is 10.3. The summed E-state index contributed by atoms with van der Waals surface area (Å²) in [5, 5.41) is 10.3.